The molecule has 1 fully saturated rings. The topological polar surface area (TPSA) is 39.6 Å². The average molecular weight is 269 g/mol. The second kappa shape index (κ2) is 5.55. The maximum Gasteiger partial charge on any atom is 0.185 e. The molecule has 2 heterocycles. The minimum absolute atomic E-state index is 0.107. The lowest BCUT2D eigenvalue weighted by molar-refractivity contribution is 0.283. The van der Waals surface area contributed by atoms with Crippen LogP contribution in [0.5, 0.6) is 0 Å². The van der Waals surface area contributed by atoms with Crippen LogP contribution in [-0.2, 0) is 6.61 Å². The van der Waals surface area contributed by atoms with Gasteiger partial charge in [0.25, 0.3) is 0 Å². The Labute approximate surface area is 113 Å². The molecule has 0 aliphatic carbocycles. The Kier molecular flexibility index (Phi) is 4.25. The van der Waals surface area contributed by atoms with Gasteiger partial charge in [-0.25, -0.2) is 4.98 Å². The van der Waals surface area contributed by atoms with Crippen LogP contribution in [0.4, 0.5) is 5.13 Å². The quantitative estimate of drug-likeness (QED) is 0.906. The molecule has 4 nitrogen and oxygen atoms in total. The molecule has 1 unspecified atom stereocenters. The van der Waals surface area contributed by atoms with Gasteiger partial charge in [0, 0.05) is 19.1 Å². The summed E-state index contributed by atoms with van der Waals surface area (Å²) in [6, 6.07) is 0.619. The number of aromatic nitrogens is 1. The molecule has 1 N–H and O–H groups in total. The van der Waals surface area contributed by atoms with Gasteiger partial charge in [0.15, 0.2) is 5.13 Å². The molecule has 0 amide bonds. The SMILES string of the molecule is CC(C)c1nc(N2CCC(N(C)C)C2)sc1CO. The second-order valence-corrected chi connectivity index (χ2v) is 6.53. The van der Waals surface area contributed by atoms with Crippen LogP contribution >= 0.6 is 11.3 Å². The second-order valence-electron chi connectivity index (χ2n) is 5.47. The van der Waals surface area contributed by atoms with Gasteiger partial charge in [-0.15, -0.1) is 0 Å². The highest BCUT2D eigenvalue weighted by Crippen LogP contribution is 2.32. The molecule has 1 atom stereocenters. The Morgan fingerprint density at radius 1 is 1.50 bits per heavy atom. The Morgan fingerprint density at radius 2 is 2.22 bits per heavy atom. The third-order valence-electron chi connectivity index (χ3n) is 3.57. The summed E-state index contributed by atoms with van der Waals surface area (Å²) < 4.78 is 0. The van der Waals surface area contributed by atoms with Crippen LogP contribution in [0.2, 0.25) is 0 Å². The Balaban J connectivity index is 2.15. The largest absolute Gasteiger partial charge is 0.391 e. The molecule has 0 bridgehead atoms. The lowest BCUT2D eigenvalue weighted by atomic mass is 10.1. The maximum atomic E-state index is 9.41. The van der Waals surface area contributed by atoms with E-state index in [1.165, 1.54) is 6.42 Å². The Bertz CT molecular complexity index is 403. The summed E-state index contributed by atoms with van der Waals surface area (Å²) in [5, 5.41) is 10.5. The lowest BCUT2D eigenvalue weighted by Gasteiger charge is -2.19. The fourth-order valence-electron chi connectivity index (χ4n) is 2.39. The van der Waals surface area contributed by atoms with Crippen LogP contribution in [0, 0.1) is 0 Å². The van der Waals surface area contributed by atoms with Crippen LogP contribution in [0.15, 0.2) is 0 Å². The average Bonchev–Trinajstić information content (AvgIpc) is 2.95. The first-order chi connectivity index (χ1) is 8.52. The molecule has 1 aliphatic heterocycles. The molecule has 1 aliphatic rings. The fraction of sp³-hybridized carbons (Fsp3) is 0.769. The van der Waals surface area contributed by atoms with Crippen molar-refractivity contribution in [2.24, 2.45) is 0 Å². The van der Waals surface area contributed by atoms with Crippen molar-refractivity contribution >= 4 is 16.5 Å². The molecule has 1 aromatic rings. The van der Waals surface area contributed by atoms with Crippen molar-refractivity contribution in [1.82, 2.24) is 9.88 Å². The smallest absolute Gasteiger partial charge is 0.185 e. The van der Waals surface area contributed by atoms with Crippen molar-refractivity contribution in [1.29, 1.82) is 0 Å². The summed E-state index contributed by atoms with van der Waals surface area (Å²) in [7, 11) is 4.27. The summed E-state index contributed by atoms with van der Waals surface area (Å²) >= 11 is 1.65. The van der Waals surface area contributed by atoms with Gasteiger partial charge in [0.05, 0.1) is 17.2 Å². The van der Waals surface area contributed by atoms with Crippen molar-refractivity contribution in [2.75, 3.05) is 32.1 Å². The molecule has 0 saturated carbocycles. The van der Waals surface area contributed by atoms with Gasteiger partial charge in [-0.1, -0.05) is 25.2 Å². The van der Waals surface area contributed by atoms with E-state index >= 15 is 0 Å². The van der Waals surface area contributed by atoms with Crippen LogP contribution < -0.4 is 4.90 Å². The van der Waals surface area contributed by atoms with Gasteiger partial charge in [-0.2, -0.15) is 0 Å². The monoisotopic (exact) mass is 269 g/mol. The molecule has 5 heteroatoms. The molecule has 1 aromatic heterocycles. The zero-order valence-electron chi connectivity index (χ0n) is 11.7. The zero-order chi connectivity index (χ0) is 13.3. The minimum atomic E-state index is 0.107. The molecule has 0 aromatic carbocycles. The van der Waals surface area contributed by atoms with Crippen LogP contribution in [0.1, 0.15) is 36.8 Å². The summed E-state index contributed by atoms with van der Waals surface area (Å²) in [5.74, 6) is 0.379. The van der Waals surface area contributed by atoms with E-state index in [2.05, 4.69) is 37.7 Å². The molecule has 18 heavy (non-hydrogen) atoms. The first-order valence-corrected chi connectivity index (χ1v) is 7.36. The number of thiazole rings is 1. The summed E-state index contributed by atoms with van der Waals surface area (Å²) in [6.45, 7) is 6.48. The van der Waals surface area contributed by atoms with E-state index in [9.17, 15) is 5.11 Å². The van der Waals surface area contributed by atoms with Crippen LogP contribution in [0.25, 0.3) is 0 Å². The normalized spacial score (nSPS) is 20.4. The third kappa shape index (κ3) is 2.68. The van der Waals surface area contributed by atoms with E-state index in [1.54, 1.807) is 11.3 Å². The number of nitrogens with zero attached hydrogens (tertiary/aromatic N) is 3. The molecular weight excluding hydrogens is 246 g/mol. The van der Waals surface area contributed by atoms with E-state index < -0.39 is 0 Å². The van der Waals surface area contributed by atoms with Crippen molar-refractivity contribution in [3.63, 3.8) is 0 Å². The molecule has 0 spiro atoms. The number of hydrogen-bond donors (Lipinski definition) is 1. The highest BCUT2D eigenvalue weighted by atomic mass is 32.1. The zero-order valence-corrected chi connectivity index (χ0v) is 12.5. The Hall–Kier alpha value is -0.650. The van der Waals surface area contributed by atoms with Gasteiger partial charge < -0.3 is 14.9 Å². The number of aliphatic hydroxyl groups excluding tert-OH is 1. The standard InChI is InChI=1S/C13H23N3OS/c1-9(2)12-11(8-17)18-13(14-12)16-6-5-10(7-16)15(3)4/h9-10,17H,5-8H2,1-4H3. The Morgan fingerprint density at radius 3 is 2.67 bits per heavy atom. The highest BCUT2D eigenvalue weighted by molar-refractivity contribution is 7.15. The molecule has 1 saturated heterocycles. The van der Waals surface area contributed by atoms with Gasteiger partial charge in [0.2, 0.25) is 0 Å². The van der Waals surface area contributed by atoms with Gasteiger partial charge in [0.1, 0.15) is 0 Å². The number of hydrogen-bond acceptors (Lipinski definition) is 5. The van der Waals surface area contributed by atoms with Crippen molar-refractivity contribution in [3.05, 3.63) is 10.6 Å². The molecule has 0 radical (unpaired) electrons. The van der Waals surface area contributed by atoms with Gasteiger partial charge in [-0.05, 0) is 26.4 Å². The maximum absolute atomic E-state index is 9.41. The minimum Gasteiger partial charge on any atom is -0.391 e. The lowest BCUT2D eigenvalue weighted by Crippen LogP contribution is -2.31. The number of aliphatic hydroxyl groups is 1. The van der Waals surface area contributed by atoms with E-state index in [0.717, 1.165) is 28.8 Å². The van der Waals surface area contributed by atoms with E-state index in [-0.39, 0.29) is 6.61 Å². The molecule has 2 rings (SSSR count). The van der Waals surface area contributed by atoms with Crippen LogP contribution in [0.3, 0.4) is 0 Å². The summed E-state index contributed by atoms with van der Waals surface area (Å²) in [5.41, 5.74) is 1.06. The summed E-state index contributed by atoms with van der Waals surface area (Å²) in [6.07, 6.45) is 1.19. The molecule has 102 valence electrons. The van der Waals surface area contributed by atoms with Crippen LogP contribution in [-0.4, -0.2) is 48.2 Å². The first kappa shape index (κ1) is 13.8. The fourth-order valence-corrected chi connectivity index (χ4v) is 3.50. The van der Waals surface area contributed by atoms with E-state index in [0.29, 0.717) is 12.0 Å². The predicted octanol–water partition coefficient (Wildman–Crippen LogP) is 1.90. The molecular formula is C13H23N3OS. The van der Waals surface area contributed by atoms with Crippen molar-refractivity contribution in [2.45, 2.75) is 38.8 Å². The predicted molar refractivity (Wildman–Crippen MR) is 76.4 cm³/mol. The van der Waals surface area contributed by atoms with Crippen molar-refractivity contribution in [3.8, 4) is 0 Å². The van der Waals surface area contributed by atoms with E-state index in [1.807, 2.05) is 0 Å². The van der Waals surface area contributed by atoms with Gasteiger partial charge >= 0.3 is 0 Å². The van der Waals surface area contributed by atoms with Gasteiger partial charge in [-0.3, -0.25) is 0 Å². The van der Waals surface area contributed by atoms with Crippen molar-refractivity contribution < 1.29 is 5.11 Å². The number of likely N-dealkylation sites (N-methyl/N-ethyl adjacent to an activating group) is 1. The number of anilines is 1. The number of rotatable bonds is 4. The third-order valence-corrected chi connectivity index (χ3v) is 4.69. The van der Waals surface area contributed by atoms with E-state index in [4.69, 9.17) is 4.98 Å². The first-order valence-electron chi connectivity index (χ1n) is 6.54. The highest BCUT2D eigenvalue weighted by Gasteiger charge is 2.27. The summed E-state index contributed by atoms with van der Waals surface area (Å²) in [4.78, 5) is 10.4.